The summed E-state index contributed by atoms with van der Waals surface area (Å²) in [5, 5.41) is 13.2. The normalized spacial score (nSPS) is 17.9. The standard InChI is InChI=1S/C11H13BrClNO2/c12-8-1-2-10(9(13)3-8)14-4-11(5-15)6-16-7-11/h1-3,14-15H,4-7H2. The van der Waals surface area contributed by atoms with E-state index >= 15 is 0 Å². The first-order valence-electron chi connectivity index (χ1n) is 5.03. The van der Waals surface area contributed by atoms with Crippen LogP contribution >= 0.6 is 27.5 Å². The van der Waals surface area contributed by atoms with Crippen LogP contribution in [-0.4, -0.2) is 31.5 Å². The number of ether oxygens (including phenoxy) is 1. The Morgan fingerprint density at radius 2 is 2.25 bits per heavy atom. The summed E-state index contributed by atoms with van der Waals surface area (Å²) in [7, 11) is 0. The molecule has 0 atom stereocenters. The van der Waals surface area contributed by atoms with Gasteiger partial charge in [-0.05, 0) is 18.2 Å². The number of aliphatic hydroxyl groups excluding tert-OH is 1. The van der Waals surface area contributed by atoms with E-state index in [4.69, 9.17) is 16.3 Å². The summed E-state index contributed by atoms with van der Waals surface area (Å²) in [5.41, 5.74) is 0.737. The minimum absolute atomic E-state index is 0.133. The van der Waals surface area contributed by atoms with E-state index in [1.807, 2.05) is 18.2 Å². The van der Waals surface area contributed by atoms with Crippen molar-refractivity contribution in [2.45, 2.75) is 0 Å². The molecule has 1 aromatic rings. The Hall–Kier alpha value is -0.290. The van der Waals surface area contributed by atoms with Crippen LogP contribution in [0.3, 0.4) is 0 Å². The third kappa shape index (κ3) is 2.51. The largest absolute Gasteiger partial charge is 0.396 e. The van der Waals surface area contributed by atoms with Crippen molar-refractivity contribution in [3.05, 3.63) is 27.7 Å². The molecule has 2 rings (SSSR count). The minimum Gasteiger partial charge on any atom is -0.396 e. The molecule has 16 heavy (non-hydrogen) atoms. The number of hydrogen-bond acceptors (Lipinski definition) is 3. The lowest BCUT2D eigenvalue weighted by Gasteiger charge is -2.40. The van der Waals surface area contributed by atoms with Gasteiger partial charge in [-0.3, -0.25) is 0 Å². The molecule has 1 saturated heterocycles. The van der Waals surface area contributed by atoms with E-state index < -0.39 is 0 Å². The van der Waals surface area contributed by atoms with Crippen molar-refractivity contribution in [3.63, 3.8) is 0 Å². The first-order chi connectivity index (χ1) is 7.65. The van der Waals surface area contributed by atoms with Crippen LogP contribution in [0, 0.1) is 5.41 Å². The predicted molar refractivity (Wildman–Crippen MR) is 68.0 cm³/mol. The third-order valence-corrected chi connectivity index (χ3v) is 3.54. The van der Waals surface area contributed by atoms with Gasteiger partial charge in [0, 0.05) is 11.0 Å². The highest BCUT2D eigenvalue weighted by Crippen LogP contribution is 2.30. The molecule has 1 aliphatic rings. The Morgan fingerprint density at radius 3 is 2.75 bits per heavy atom. The average molecular weight is 307 g/mol. The highest BCUT2D eigenvalue weighted by Gasteiger charge is 2.37. The van der Waals surface area contributed by atoms with E-state index in [9.17, 15) is 5.11 Å². The van der Waals surface area contributed by atoms with Crippen LogP contribution in [0.25, 0.3) is 0 Å². The summed E-state index contributed by atoms with van der Waals surface area (Å²) in [4.78, 5) is 0. The molecule has 0 saturated carbocycles. The predicted octanol–water partition coefficient (Wildman–Crippen LogP) is 2.52. The van der Waals surface area contributed by atoms with Crippen molar-refractivity contribution < 1.29 is 9.84 Å². The topological polar surface area (TPSA) is 41.5 Å². The molecule has 0 amide bonds. The molecular formula is C11H13BrClNO2. The molecule has 0 aliphatic carbocycles. The van der Waals surface area contributed by atoms with Crippen LogP contribution in [0.5, 0.6) is 0 Å². The molecule has 0 spiro atoms. The van der Waals surface area contributed by atoms with E-state index in [0.717, 1.165) is 10.2 Å². The van der Waals surface area contributed by atoms with Crippen molar-refractivity contribution in [1.82, 2.24) is 0 Å². The maximum Gasteiger partial charge on any atom is 0.0648 e. The zero-order chi connectivity index (χ0) is 11.6. The quantitative estimate of drug-likeness (QED) is 0.898. The second kappa shape index (κ2) is 4.92. The fraction of sp³-hybridized carbons (Fsp3) is 0.455. The van der Waals surface area contributed by atoms with E-state index in [-0.39, 0.29) is 12.0 Å². The molecule has 5 heteroatoms. The molecule has 88 valence electrons. The minimum atomic E-state index is -0.142. The zero-order valence-electron chi connectivity index (χ0n) is 8.67. The Balaban J connectivity index is 1.99. The van der Waals surface area contributed by atoms with Gasteiger partial charge >= 0.3 is 0 Å². The van der Waals surface area contributed by atoms with Crippen LogP contribution in [0.4, 0.5) is 5.69 Å². The van der Waals surface area contributed by atoms with Gasteiger partial charge in [0.15, 0.2) is 0 Å². The zero-order valence-corrected chi connectivity index (χ0v) is 11.0. The summed E-state index contributed by atoms with van der Waals surface area (Å²) in [6.45, 7) is 2.01. The first-order valence-corrected chi connectivity index (χ1v) is 6.20. The summed E-state index contributed by atoms with van der Waals surface area (Å²) in [6.07, 6.45) is 0. The van der Waals surface area contributed by atoms with E-state index in [1.54, 1.807) is 0 Å². The van der Waals surface area contributed by atoms with Crippen LogP contribution in [-0.2, 0) is 4.74 Å². The highest BCUT2D eigenvalue weighted by molar-refractivity contribution is 9.10. The molecule has 0 unspecified atom stereocenters. The number of halogens is 2. The van der Waals surface area contributed by atoms with Crippen LogP contribution < -0.4 is 5.32 Å². The first kappa shape index (κ1) is 12.2. The van der Waals surface area contributed by atoms with Crippen molar-refractivity contribution in [2.24, 2.45) is 5.41 Å². The molecular weight excluding hydrogens is 293 g/mol. The van der Waals surface area contributed by atoms with Crippen LogP contribution in [0.2, 0.25) is 5.02 Å². The van der Waals surface area contributed by atoms with Gasteiger partial charge in [0.25, 0.3) is 0 Å². The second-order valence-electron chi connectivity index (χ2n) is 4.13. The van der Waals surface area contributed by atoms with Crippen LogP contribution in [0.1, 0.15) is 0 Å². The maximum atomic E-state index is 9.27. The molecule has 0 bridgehead atoms. The maximum absolute atomic E-state index is 9.27. The lowest BCUT2D eigenvalue weighted by Crippen LogP contribution is -2.50. The number of rotatable bonds is 4. The Morgan fingerprint density at radius 1 is 1.50 bits per heavy atom. The molecule has 2 N–H and O–H groups in total. The molecule has 1 aliphatic heterocycles. The highest BCUT2D eigenvalue weighted by atomic mass is 79.9. The molecule has 0 radical (unpaired) electrons. The van der Waals surface area contributed by atoms with Crippen LogP contribution in [0.15, 0.2) is 22.7 Å². The Kier molecular flexibility index (Phi) is 3.74. The van der Waals surface area contributed by atoms with Gasteiger partial charge in [-0.15, -0.1) is 0 Å². The second-order valence-corrected chi connectivity index (χ2v) is 5.45. The van der Waals surface area contributed by atoms with Gasteiger partial charge in [-0.1, -0.05) is 27.5 Å². The molecule has 3 nitrogen and oxygen atoms in total. The van der Waals surface area contributed by atoms with Gasteiger partial charge in [-0.25, -0.2) is 0 Å². The van der Waals surface area contributed by atoms with Crippen molar-refractivity contribution >= 4 is 33.2 Å². The van der Waals surface area contributed by atoms with Gasteiger partial charge < -0.3 is 15.2 Å². The number of anilines is 1. The summed E-state index contributed by atoms with van der Waals surface area (Å²) >= 11 is 9.43. The summed E-state index contributed by atoms with van der Waals surface area (Å²) in [6, 6.07) is 5.68. The average Bonchev–Trinajstić information content (AvgIpc) is 2.19. The monoisotopic (exact) mass is 305 g/mol. The molecule has 0 aromatic heterocycles. The fourth-order valence-electron chi connectivity index (χ4n) is 1.56. The van der Waals surface area contributed by atoms with E-state index in [1.165, 1.54) is 0 Å². The van der Waals surface area contributed by atoms with Crippen molar-refractivity contribution in [1.29, 1.82) is 0 Å². The SMILES string of the molecule is OCC1(CNc2ccc(Br)cc2Cl)COC1. The lowest BCUT2D eigenvalue weighted by atomic mass is 9.87. The Labute approximate surface area is 108 Å². The molecule has 1 heterocycles. The number of nitrogens with one attached hydrogen (secondary N) is 1. The number of hydrogen-bond donors (Lipinski definition) is 2. The summed E-state index contributed by atoms with van der Waals surface area (Å²) in [5.74, 6) is 0. The van der Waals surface area contributed by atoms with Crippen molar-refractivity contribution in [2.75, 3.05) is 31.7 Å². The number of aliphatic hydroxyl groups is 1. The van der Waals surface area contributed by atoms with E-state index in [2.05, 4.69) is 21.2 Å². The number of benzene rings is 1. The third-order valence-electron chi connectivity index (χ3n) is 2.74. The summed E-state index contributed by atoms with van der Waals surface area (Å²) < 4.78 is 6.08. The van der Waals surface area contributed by atoms with Gasteiger partial charge in [0.2, 0.25) is 0 Å². The van der Waals surface area contributed by atoms with Gasteiger partial charge in [-0.2, -0.15) is 0 Å². The van der Waals surface area contributed by atoms with Gasteiger partial charge in [0.05, 0.1) is 35.9 Å². The van der Waals surface area contributed by atoms with Gasteiger partial charge in [0.1, 0.15) is 0 Å². The lowest BCUT2D eigenvalue weighted by molar-refractivity contribution is -0.128. The molecule has 1 fully saturated rings. The van der Waals surface area contributed by atoms with E-state index in [0.29, 0.717) is 24.8 Å². The molecule has 1 aromatic carbocycles. The van der Waals surface area contributed by atoms with Crippen molar-refractivity contribution in [3.8, 4) is 0 Å². The fourth-order valence-corrected chi connectivity index (χ4v) is 2.30. The Bertz CT molecular complexity index is 377. The smallest absolute Gasteiger partial charge is 0.0648 e.